The molecule has 1 aliphatic rings. The Morgan fingerprint density at radius 2 is 2.15 bits per heavy atom. The lowest BCUT2D eigenvalue weighted by Crippen LogP contribution is -2.36. The minimum Gasteiger partial charge on any atom is -0.496 e. The predicted molar refractivity (Wildman–Crippen MR) is 102 cm³/mol. The van der Waals surface area contributed by atoms with E-state index in [2.05, 4.69) is 35.2 Å². The van der Waals surface area contributed by atoms with E-state index in [-0.39, 0.29) is 5.91 Å². The third-order valence-corrected chi connectivity index (χ3v) is 4.62. The molecule has 0 radical (unpaired) electrons. The highest BCUT2D eigenvalue weighted by Crippen LogP contribution is 2.22. The fraction of sp³-hybridized carbons (Fsp3) is 0.474. The van der Waals surface area contributed by atoms with Crippen LogP contribution in [-0.4, -0.2) is 40.8 Å². The van der Waals surface area contributed by atoms with Gasteiger partial charge in [0, 0.05) is 24.7 Å². The number of carbonyl (C=O) groups is 1. The molecule has 0 saturated heterocycles. The largest absolute Gasteiger partial charge is 0.496 e. The van der Waals surface area contributed by atoms with Gasteiger partial charge in [-0.15, -0.1) is 0 Å². The van der Waals surface area contributed by atoms with Gasteiger partial charge in [-0.1, -0.05) is 25.4 Å². The number of hydrogen-bond donors (Lipinski definition) is 1. The van der Waals surface area contributed by atoms with Crippen molar-refractivity contribution in [2.45, 2.75) is 33.5 Å². The summed E-state index contributed by atoms with van der Waals surface area (Å²) in [5.74, 6) is 0.924. The first-order valence-corrected chi connectivity index (χ1v) is 9.23. The molecule has 0 saturated carbocycles. The Morgan fingerprint density at radius 3 is 2.88 bits per heavy atom. The molecule has 1 N–H and O–H groups in total. The lowest BCUT2D eigenvalue weighted by atomic mass is 10.2. The number of aromatic nitrogens is 2. The molecule has 0 bridgehead atoms. The van der Waals surface area contributed by atoms with Crippen LogP contribution in [0.1, 0.15) is 35.6 Å². The molecular weight excluding hydrogens is 352 g/mol. The average molecular weight is 377 g/mol. The van der Waals surface area contributed by atoms with Crippen LogP contribution in [-0.2, 0) is 19.6 Å². The van der Waals surface area contributed by atoms with Gasteiger partial charge in [-0.3, -0.25) is 14.4 Å². The molecule has 7 heteroatoms. The molecule has 2 aromatic rings. The van der Waals surface area contributed by atoms with E-state index < -0.39 is 0 Å². The maximum atomic E-state index is 12.5. The maximum Gasteiger partial charge on any atom is 0.255 e. The van der Waals surface area contributed by atoms with Crippen LogP contribution in [0, 0.1) is 5.92 Å². The van der Waals surface area contributed by atoms with Crippen molar-refractivity contribution < 1.29 is 9.53 Å². The fourth-order valence-electron chi connectivity index (χ4n) is 3.26. The molecule has 0 aliphatic carbocycles. The highest BCUT2D eigenvalue weighted by atomic mass is 35.5. The zero-order valence-corrected chi connectivity index (χ0v) is 16.2. The van der Waals surface area contributed by atoms with Gasteiger partial charge in [0.25, 0.3) is 5.91 Å². The third-order valence-electron chi connectivity index (χ3n) is 4.39. The number of halogens is 1. The van der Waals surface area contributed by atoms with E-state index >= 15 is 0 Å². The summed E-state index contributed by atoms with van der Waals surface area (Å²) in [5, 5.41) is 8.01. The van der Waals surface area contributed by atoms with Gasteiger partial charge in [-0.2, -0.15) is 5.10 Å². The summed E-state index contributed by atoms with van der Waals surface area (Å²) in [6.45, 7) is 8.73. The molecule has 6 nitrogen and oxygen atoms in total. The number of carbonyl (C=O) groups excluding carboxylic acids is 1. The number of methoxy groups -OCH3 is 1. The van der Waals surface area contributed by atoms with E-state index in [0.29, 0.717) is 28.8 Å². The molecule has 140 valence electrons. The second kappa shape index (κ2) is 8.10. The molecule has 3 rings (SSSR count). The van der Waals surface area contributed by atoms with Gasteiger partial charge in [0.15, 0.2) is 0 Å². The monoisotopic (exact) mass is 376 g/mol. The normalized spacial score (nSPS) is 14.3. The molecule has 0 unspecified atom stereocenters. The van der Waals surface area contributed by atoms with Crippen LogP contribution in [0.2, 0.25) is 5.02 Å². The molecule has 1 aliphatic heterocycles. The van der Waals surface area contributed by atoms with Crippen LogP contribution in [0.15, 0.2) is 24.3 Å². The van der Waals surface area contributed by atoms with Gasteiger partial charge in [0.05, 0.1) is 37.2 Å². The van der Waals surface area contributed by atoms with Crippen LogP contribution in [0.5, 0.6) is 5.75 Å². The van der Waals surface area contributed by atoms with Crippen LogP contribution in [0.25, 0.3) is 0 Å². The Labute approximate surface area is 159 Å². The lowest BCUT2D eigenvalue weighted by molar-refractivity contribution is 0.0947. The van der Waals surface area contributed by atoms with Crippen molar-refractivity contribution in [3.63, 3.8) is 0 Å². The summed E-state index contributed by atoms with van der Waals surface area (Å²) in [5.41, 5.74) is 2.48. The van der Waals surface area contributed by atoms with Gasteiger partial charge in [0.1, 0.15) is 5.75 Å². The maximum absolute atomic E-state index is 12.5. The summed E-state index contributed by atoms with van der Waals surface area (Å²) in [4.78, 5) is 14.9. The van der Waals surface area contributed by atoms with Gasteiger partial charge in [0.2, 0.25) is 0 Å². The number of hydrogen-bond acceptors (Lipinski definition) is 4. The van der Waals surface area contributed by atoms with Crippen molar-refractivity contribution in [1.82, 2.24) is 20.0 Å². The number of nitrogens with zero attached hydrogens (tertiary/aromatic N) is 3. The topological polar surface area (TPSA) is 59.4 Å². The van der Waals surface area contributed by atoms with Gasteiger partial charge in [-0.05, 0) is 30.2 Å². The number of benzene rings is 1. The van der Waals surface area contributed by atoms with Crippen molar-refractivity contribution in [3.8, 4) is 5.75 Å². The summed E-state index contributed by atoms with van der Waals surface area (Å²) < 4.78 is 7.28. The van der Waals surface area contributed by atoms with Crippen LogP contribution >= 0.6 is 11.6 Å². The number of rotatable bonds is 6. The van der Waals surface area contributed by atoms with Crippen LogP contribution in [0.3, 0.4) is 0 Å². The Balaban J connectivity index is 1.64. The zero-order valence-electron chi connectivity index (χ0n) is 15.5. The standard InChI is InChI=1S/C19H25ClN4O2/c1-13(2)11-23-6-7-24-16(12-23)9-15(22-24)10-21-19(25)17-8-14(20)4-5-18(17)26-3/h4-5,8-9,13H,6-7,10-12H2,1-3H3,(H,21,25). The molecular formula is C19H25ClN4O2. The molecule has 0 atom stereocenters. The first-order chi connectivity index (χ1) is 12.5. The van der Waals surface area contributed by atoms with Crippen molar-refractivity contribution in [2.24, 2.45) is 5.92 Å². The first kappa shape index (κ1) is 18.7. The van der Waals surface area contributed by atoms with E-state index in [4.69, 9.17) is 16.3 Å². The molecule has 0 spiro atoms. The minimum absolute atomic E-state index is 0.225. The first-order valence-electron chi connectivity index (χ1n) is 8.86. The Hall–Kier alpha value is -2.05. The van der Waals surface area contributed by atoms with E-state index in [9.17, 15) is 4.79 Å². The van der Waals surface area contributed by atoms with Gasteiger partial charge >= 0.3 is 0 Å². The summed E-state index contributed by atoms with van der Waals surface area (Å²) in [6.07, 6.45) is 0. The van der Waals surface area contributed by atoms with Gasteiger partial charge < -0.3 is 10.1 Å². The zero-order chi connectivity index (χ0) is 18.7. The average Bonchev–Trinajstić information content (AvgIpc) is 3.01. The molecule has 0 fully saturated rings. The Bertz CT molecular complexity index is 788. The number of nitrogens with one attached hydrogen (secondary N) is 1. The summed E-state index contributed by atoms with van der Waals surface area (Å²) in [6, 6.07) is 7.07. The number of amides is 1. The molecule has 26 heavy (non-hydrogen) atoms. The van der Waals surface area contributed by atoms with E-state index in [1.54, 1.807) is 18.2 Å². The van der Waals surface area contributed by atoms with Crippen molar-refractivity contribution >= 4 is 17.5 Å². The Morgan fingerprint density at radius 1 is 1.35 bits per heavy atom. The SMILES string of the molecule is COc1ccc(Cl)cc1C(=O)NCc1cc2n(n1)CCN(CC(C)C)C2. The van der Waals surface area contributed by atoms with Crippen molar-refractivity contribution in [1.29, 1.82) is 0 Å². The van der Waals surface area contributed by atoms with Crippen molar-refractivity contribution in [2.75, 3.05) is 20.2 Å². The fourth-order valence-corrected chi connectivity index (χ4v) is 3.43. The molecule has 2 heterocycles. The van der Waals surface area contributed by atoms with Crippen LogP contribution in [0.4, 0.5) is 0 Å². The number of fused-ring (bicyclic) bond motifs is 1. The van der Waals surface area contributed by atoms with Gasteiger partial charge in [-0.25, -0.2) is 0 Å². The van der Waals surface area contributed by atoms with Crippen LogP contribution < -0.4 is 10.1 Å². The Kier molecular flexibility index (Phi) is 5.84. The summed E-state index contributed by atoms with van der Waals surface area (Å²) >= 11 is 6.00. The minimum atomic E-state index is -0.225. The second-order valence-electron chi connectivity index (χ2n) is 7.01. The van der Waals surface area contributed by atoms with E-state index in [1.807, 2.05) is 4.68 Å². The summed E-state index contributed by atoms with van der Waals surface area (Å²) in [7, 11) is 1.53. The highest BCUT2D eigenvalue weighted by molar-refractivity contribution is 6.31. The quantitative estimate of drug-likeness (QED) is 0.842. The van der Waals surface area contributed by atoms with E-state index in [1.165, 1.54) is 12.8 Å². The third kappa shape index (κ3) is 4.37. The smallest absolute Gasteiger partial charge is 0.255 e. The molecule has 1 amide bonds. The predicted octanol–water partition coefficient (Wildman–Crippen LogP) is 2.95. The van der Waals surface area contributed by atoms with E-state index in [0.717, 1.165) is 31.9 Å². The number of ether oxygens (including phenoxy) is 1. The van der Waals surface area contributed by atoms with Crippen molar-refractivity contribution in [3.05, 3.63) is 46.2 Å². The second-order valence-corrected chi connectivity index (χ2v) is 7.44. The lowest BCUT2D eigenvalue weighted by Gasteiger charge is -2.28. The molecule has 1 aromatic heterocycles. The highest BCUT2D eigenvalue weighted by Gasteiger charge is 2.19. The molecule has 1 aromatic carbocycles.